The van der Waals surface area contributed by atoms with Gasteiger partial charge in [-0.05, 0) is 43.7 Å². The Morgan fingerprint density at radius 2 is 1.87 bits per heavy atom. The maximum absolute atomic E-state index is 12.8. The maximum atomic E-state index is 12.8. The number of benzene rings is 2. The van der Waals surface area contributed by atoms with E-state index in [1.54, 1.807) is 14.2 Å². The summed E-state index contributed by atoms with van der Waals surface area (Å²) in [6, 6.07) is 10.7. The number of ether oxygens (including phenoxy) is 1. The molecule has 1 unspecified atom stereocenters. The number of methoxy groups -OCH3 is 1. The standard InChI is InChI=1S/C21H26N2O6S2/c1-15-4-9-20(29-3)17(12-15)13-23(2)21(24)16-5-7-19(8-6-16)31(27,28)22-18-10-11-30(25,26)14-18/h4-9,12,18,22H,10-11,13-14H2,1-3H3. The SMILES string of the molecule is COc1ccc(C)cc1CN(C)C(=O)c1ccc(S(=O)(=O)NC2CCS(=O)(=O)C2)cc1. The van der Waals surface area contributed by atoms with Crippen molar-refractivity contribution >= 4 is 25.8 Å². The van der Waals surface area contributed by atoms with E-state index in [0.29, 0.717) is 17.9 Å². The quantitative estimate of drug-likeness (QED) is 0.666. The second kappa shape index (κ2) is 8.97. The monoisotopic (exact) mass is 466 g/mol. The topological polar surface area (TPSA) is 110 Å². The van der Waals surface area contributed by atoms with Gasteiger partial charge in [0.1, 0.15) is 5.75 Å². The Kier molecular flexibility index (Phi) is 6.73. The number of carbonyl (C=O) groups excluding carboxylic acids is 1. The van der Waals surface area contributed by atoms with Crippen molar-refractivity contribution in [1.29, 1.82) is 0 Å². The van der Waals surface area contributed by atoms with Crippen LogP contribution in [0.4, 0.5) is 0 Å². The van der Waals surface area contributed by atoms with Gasteiger partial charge in [-0.2, -0.15) is 0 Å². The molecular formula is C21H26N2O6S2. The summed E-state index contributed by atoms with van der Waals surface area (Å²) in [7, 11) is -3.83. The summed E-state index contributed by atoms with van der Waals surface area (Å²) in [5.74, 6) is 0.205. The van der Waals surface area contributed by atoms with E-state index in [1.807, 2.05) is 25.1 Å². The molecule has 2 aromatic carbocycles. The summed E-state index contributed by atoms with van der Waals surface area (Å²) >= 11 is 0. The third-order valence-corrected chi connectivity index (χ3v) is 8.46. The van der Waals surface area contributed by atoms with E-state index < -0.39 is 25.9 Å². The number of aryl methyl sites for hydroxylation is 1. The zero-order chi connectivity index (χ0) is 22.8. The van der Waals surface area contributed by atoms with Gasteiger partial charge in [-0.3, -0.25) is 4.79 Å². The predicted octanol–water partition coefficient (Wildman–Crippen LogP) is 1.74. The lowest BCUT2D eigenvalue weighted by Gasteiger charge is -2.19. The van der Waals surface area contributed by atoms with E-state index >= 15 is 0 Å². The van der Waals surface area contributed by atoms with Gasteiger partial charge in [-0.1, -0.05) is 17.7 Å². The number of sulfonamides is 1. The zero-order valence-electron chi connectivity index (χ0n) is 17.7. The van der Waals surface area contributed by atoms with Crippen molar-refractivity contribution in [3.63, 3.8) is 0 Å². The molecular weight excluding hydrogens is 440 g/mol. The highest BCUT2D eigenvalue weighted by molar-refractivity contribution is 7.92. The van der Waals surface area contributed by atoms with Crippen molar-refractivity contribution in [2.75, 3.05) is 25.7 Å². The third kappa shape index (κ3) is 5.63. The fourth-order valence-electron chi connectivity index (χ4n) is 3.53. The van der Waals surface area contributed by atoms with E-state index in [-0.39, 0.29) is 28.7 Å². The van der Waals surface area contributed by atoms with Crippen LogP contribution in [0.2, 0.25) is 0 Å². The van der Waals surface area contributed by atoms with Crippen molar-refractivity contribution < 1.29 is 26.4 Å². The Bertz CT molecular complexity index is 1170. The van der Waals surface area contributed by atoms with Gasteiger partial charge >= 0.3 is 0 Å². The van der Waals surface area contributed by atoms with Crippen LogP contribution in [0.5, 0.6) is 5.75 Å². The lowest BCUT2D eigenvalue weighted by atomic mass is 10.1. The summed E-state index contributed by atoms with van der Waals surface area (Å²) in [5.41, 5.74) is 2.26. The molecule has 0 spiro atoms. The van der Waals surface area contributed by atoms with Crippen LogP contribution in [0.25, 0.3) is 0 Å². The Morgan fingerprint density at radius 3 is 2.45 bits per heavy atom. The summed E-state index contributed by atoms with van der Waals surface area (Å²) < 4.78 is 56.0. The van der Waals surface area contributed by atoms with Gasteiger partial charge in [-0.25, -0.2) is 21.6 Å². The van der Waals surface area contributed by atoms with E-state index in [2.05, 4.69) is 4.72 Å². The summed E-state index contributed by atoms with van der Waals surface area (Å²) in [5, 5.41) is 0. The van der Waals surface area contributed by atoms with Crippen LogP contribution in [0.1, 0.15) is 27.9 Å². The molecule has 0 aromatic heterocycles. The smallest absolute Gasteiger partial charge is 0.253 e. The molecule has 10 heteroatoms. The Hall–Kier alpha value is -2.43. The molecule has 168 valence electrons. The molecule has 0 bridgehead atoms. The van der Waals surface area contributed by atoms with Crippen molar-refractivity contribution in [2.24, 2.45) is 0 Å². The van der Waals surface area contributed by atoms with E-state index in [1.165, 1.54) is 29.2 Å². The number of sulfone groups is 1. The lowest BCUT2D eigenvalue weighted by Crippen LogP contribution is -2.35. The number of carbonyl (C=O) groups is 1. The highest BCUT2D eigenvalue weighted by Gasteiger charge is 2.31. The van der Waals surface area contributed by atoms with Crippen LogP contribution in [0, 0.1) is 6.92 Å². The average molecular weight is 467 g/mol. The fraction of sp³-hybridized carbons (Fsp3) is 0.381. The highest BCUT2D eigenvalue weighted by atomic mass is 32.2. The van der Waals surface area contributed by atoms with Gasteiger partial charge in [0.25, 0.3) is 5.91 Å². The Balaban J connectivity index is 1.70. The maximum Gasteiger partial charge on any atom is 0.253 e. The van der Waals surface area contributed by atoms with Gasteiger partial charge in [0.05, 0.1) is 23.5 Å². The van der Waals surface area contributed by atoms with Crippen LogP contribution in [0.3, 0.4) is 0 Å². The molecule has 1 heterocycles. The number of hydrogen-bond donors (Lipinski definition) is 1. The molecule has 1 amide bonds. The van der Waals surface area contributed by atoms with Gasteiger partial charge < -0.3 is 9.64 Å². The molecule has 1 atom stereocenters. The van der Waals surface area contributed by atoms with Gasteiger partial charge in [0, 0.05) is 30.8 Å². The molecule has 1 aliphatic heterocycles. The van der Waals surface area contributed by atoms with E-state index in [4.69, 9.17) is 4.74 Å². The van der Waals surface area contributed by atoms with Crippen LogP contribution < -0.4 is 9.46 Å². The first-order valence-corrected chi connectivity index (χ1v) is 13.0. The lowest BCUT2D eigenvalue weighted by molar-refractivity contribution is 0.0784. The molecule has 1 fully saturated rings. The number of nitrogens with zero attached hydrogens (tertiary/aromatic N) is 1. The zero-order valence-corrected chi connectivity index (χ0v) is 19.3. The molecule has 0 radical (unpaired) electrons. The van der Waals surface area contributed by atoms with Gasteiger partial charge in [0.2, 0.25) is 10.0 Å². The first-order chi connectivity index (χ1) is 14.5. The van der Waals surface area contributed by atoms with Crippen molar-refractivity contribution in [2.45, 2.75) is 30.8 Å². The molecule has 8 nitrogen and oxygen atoms in total. The van der Waals surface area contributed by atoms with E-state index in [0.717, 1.165) is 11.1 Å². The third-order valence-electron chi connectivity index (χ3n) is 5.16. The molecule has 0 aliphatic carbocycles. The average Bonchev–Trinajstić information content (AvgIpc) is 3.05. The molecule has 1 saturated heterocycles. The molecule has 31 heavy (non-hydrogen) atoms. The number of hydrogen-bond acceptors (Lipinski definition) is 6. The van der Waals surface area contributed by atoms with Crippen LogP contribution in [-0.4, -0.2) is 59.3 Å². The second-order valence-electron chi connectivity index (χ2n) is 7.72. The Morgan fingerprint density at radius 1 is 1.19 bits per heavy atom. The minimum atomic E-state index is -3.87. The van der Waals surface area contributed by atoms with Crippen molar-refractivity contribution in [3.8, 4) is 5.75 Å². The normalized spacial score (nSPS) is 18.0. The summed E-state index contributed by atoms with van der Waals surface area (Å²) in [6.07, 6.45) is 0.255. The largest absolute Gasteiger partial charge is 0.496 e. The summed E-state index contributed by atoms with van der Waals surface area (Å²) in [4.78, 5) is 14.3. The van der Waals surface area contributed by atoms with Crippen LogP contribution in [-0.2, 0) is 26.4 Å². The molecule has 0 saturated carbocycles. The number of amides is 1. The minimum absolute atomic E-state index is 0.0173. The van der Waals surface area contributed by atoms with Crippen molar-refractivity contribution in [1.82, 2.24) is 9.62 Å². The summed E-state index contributed by atoms with van der Waals surface area (Å²) in [6.45, 7) is 2.29. The first kappa shape index (κ1) is 23.2. The van der Waals surface area contributed by atoms with Crippen LogP contribution in [0.15, 0.2) is 47.4 Å². The molecule has 1 N–H and O–H groups in total. The van der Waals surface area contributed by atoms with Crippen LogP contribution >= 0.6 is 0 Å². The fourth-order valence-corrected chi connectivity index (χ4v) is 6.58. The minimum Gasteiger partial charge on any atom is -0.496 e. The molecule has 2 aromatic rings. The van der Waals surface area contributed by atoms with Gasteiger partial charge in [-0.15, -0.1) is 0 Å². The first-order valence-electron chi connectivity index (χ1n) is 9.72. The highest BCUT2D eigenvalue weighted by Crippen LogP contribution is 2.22. The predicted molar refractivity (Wildman–Crippen MR) is 117 cm³/mol. The van der Waals surface area contributed by atoms with Crippen molar-refractivity contribution in [3.05, 3.63) is 59.2 Å². The number of nitrogens with one attached hydrogen (secondary N) is 1. The number of rotatable bonds is 7. The second-order valence-corrected chi connectivity index (χ2v) is 11.7. The van der Waals surface area contributed by atoms with E-state index in [9.17, 15) is 21.6 Å². The Labute approximate surface area is 183 Å². The molecule has 3 rings (SSSR count). The molecule has 1 aliphatic rings. The van der Waals surface area contributed by atoms with Gasteiger partial charge in [0.15, 0.2) is 9.84 Å².